The van der Waals surface area contributed by atoms with Gasteiger partial charge in [0, 0.05) is 0 Å². The molecule has 76 valence electrons. The van der Waals surface area contributed by atoms with Crippen LogP contribution in [0.4, 0.5) is 0 Å². The van der Waals surface area contributed by atoms with Crippen LogP contribution in [0.25, 0.3) is 0 Å². The van der Waals surface area contributed by atoms with Crippen molar-refractivity contribution in [2.75, 3.05) is 26.2 Å². The fourth-order valence-corrected chi connectivity index (χ4v) is 1.02. The molecule has 0 saturated heterocycles. The van der Waals surface area contributed by atoms with Gasteiger partial charge >= 0.3 is 0 Å². The molecule has 12 heavy (non-hydrogen) atoms. The van der Waals surface area contributed by atoms with E-state index in [-0.39, 0.29) is 0 Å². The number of nitrogens with two attached hydrogens (primary N) is 3. The zero-order valence-corrected chi connectivity index (χ0v) is 8.42. The Bertz CT molecular complexity index is 64.1. The summed E-state index contributed by atoms with van der Waals surface area (Å²) in [6, 6.07) is 0. The Labute approximate surface area is 76.0 Å². The summed E-state index contributed by atoms with van der Waals surface area (Å²) in [5, 5.41) is 0. The Kier molecular flexibility index (Phi) is 16.1. The molecule has 0 atom stereocenters. The highest BCUT2D eigenvalue weighted by molar-refractivity contribution is 4.52. The molecule has 0 rings (SSSR count). The van der Waals surface area contributed by atoms with E-state index in [1.54, 1.807) is 0 Å². The minimum absolute atomic E-state index is 0.835. The molecule has 0 aromatic rings. The van der Waals surface area contributed by atoms with Gasteiger partial charge in [0.1, 0.15) is 0 Å². The second kappa shape index (κ2) is 13.4. The van der Waals surface area contributed by atoms with E-state index in [0.29, 0.717) is 0 Å². The quantitative estimate of drug-likeness (QED) is 0.299. The normalized spacial score (nSPS) is 9.50. The van der Waals surface area contributed by atoms with Crippen molar-refractivity contribution in [2.45, 2.75) is 26.7 Å². The number of rotatable bonds is 6. The largest absolute Gasteiger partial charge is 0.330 e. The standard InChI is InChI=1S/C8H20N2.H4N2/c1-3-10(4-2)8-6-5-7-9;1-2/h3-9H2,1-2H3;1-2H2. The summed E-state index contributed by atoms with van der Waals surface area (Å²) in [6.45, 7) is 8.78. The van der Waals surface area contributed by atoms with Crippen LogP contribution in [0.5, 0.6) is 0 Å². The molecule has 0 radical (unpaired) electrons. The average molecular weight is 176 g/mol. The smallest absolute Gasteiger partial charge is 0.00185 e. The van der Waals surface area contributed by atoms with Crippen LogP contribution in [-0.4, -0.2) is 31.1 Å². The number of unbranched alkanes of at least 4 members (excludes halogenated alkanes) is 1. The first-order valence-electron chi connectivity index (χ1n) is 4.60. The molecule has 0 bridgehead atoms. The molecule has 0 heterocycles. The van der Waals surface area contributed by atoms with Crippen molar-refractivity contribution in [2.24, 2.45) is 17.4 Å². The molecule has 0 saturated carbocycles. The predicted molar refractivity (Wildman–Crippen MR) is 54.5 cm³/mol. The van der Waals surface area contributed by atoms with E-state index >= 15 is 0 Å². The highest BCUT2D eigenvalue weighted by atomic mass is 15.1. The maximum absolute atomic E-state index is 5.38. The van der Waals surface area contributed by atoms with Crippen LogP contribution in [0.2, 0.25) is 0 Å². The van der Waals surface area contributed by atoms with Crippen LogP contribution in [0, 0.1) is 0 Å². The molecule has 0 aliphatic heterocycles. The molecular weight excluding hydrogens is 152 g/mol. The van der Waals surface area contributed by atoms with E-state index in [1.165, 1.54) is 26.1 Å². The lowest BCUT2D eigenvalue weighted by Gasteiger charge is -2.16. The predicted octanol–water partition coefficient (Wildman–Crippen LogP) is -0.114. The SMILES string of the molecule is CCN(CC)CCCCN.NN. The number of hydrogen-bond donors (Lipinski definition) is 3. The Morgan fingerprint density at radius 1 is 1.00 bits per heavy atom. The van der Waals surface area contributed by atoms with Crippen LogP contribution >= 0.6 is 0 Å². The van der Waals surface area contributed by atoms with E-state index in [1.807, 2.05) is 0 Å². The van der Waals surface area contributed by atoms with Crippen LogP contribution in [0.3, 0.4) is 0 Å². The Hall–Kier alpha value is -0.160. The van der Waals surface area contributed by atoms with E-state index in [4.69, 9.17) is 5.73 Å². The summed E-state index contributed by atoms with van der Waals surface area (Å²) >= 11 is 0. The van der Waals surface area contributed by atoms with Gasteiger partial charge in [-0.1, -0.05) is 13.8 Å². The number of hydrazine groups is 1. The molecule has 0 aromatic carbocycles. The third kappa shape index (κ3) is 9.84. The monoisotopic (exact) mass is 176 g/mol. The molecule has 0 unspecified atom stereocenters. The van der Waals surface area contributed by atoms with Crippen molar-refractivity contribution >= 4 is 0 Å². The summed E-state index contributed by atoms with van der Waals surface area (Å²) < 4.78 is 0. The van der Waals surface area contributed by atoms with E-state index < -0.39 is 0 Å². The first kappa shape index (κ1) is 14.4. The molecule has 0 aromatic heterocycles. The zero-order valence-electron chi connectivity index (χ0n) is 8.42. The van der Waals surface area contributed by atoms with Crippen LogP contribution in [0.1, 0.15) is 26.7 Å². The molecule has 0 amide bonds. The molecule has 4 heteroatoms. The van der Waals surface area contributed by atoms with Gasteiger partial charge in [-0.25, -0.2) is 0 Å². The lowest BCUT2D eigenvalue weighted by atomic mass is 10.3. The van der Waals surface area contributed by atoms with Gasteiger partial charge < -0.3 is 10.6 Å². The Morgan fingerprint density at radius 2 is 1.50 bits per heavy atom. The maximum atomic E-state index is 5.38. The van der Waals surface area contributed by atoms with E-state index in [9.17, 15) is 0 Å². The lowest BCUT2D eigenvalue weighted by molar-refractivity contribution is 0.297. The molecule has 4 nitrogen and oxygen atoms in total. The summed E-state index contributed by atoms with van der Waals surface area (Å²) in [6.07, 6.45) is 2.41. The molecule has 0 aliphatic rings. The van der Waals surface area contributed by atoms with Crippen LogP contribution < -0.4 is 17.4 Å². The molecule has 0 spiro atoms. The summed E-state index contributed by atoms with van der Waals surface area (Å²) in [7, 11) is 0. The number of nitrogens with zero attached hydrogens (tertiary/aromatic N) is 1. The van der Waals surface area contributed by atoms with Gasteiger partial charge in [-0.05, 0) is 39.0 Å². The maximum Gasteiger partial charge on any atom is -0.00185 e. The summed E-state index contributed by atoms with van der Waals surface area (Å²) in [5.74, 6) is 8.00. The second-order valence-electron chi connectivity index (χ2n) is 2.52. The van der Waals surface area contributed by atoms with E-state index in [0.717, 1.165) is 13.0 Å². The molecule has 6 N–H and O–H groups in total. The average Bonchev–Trinajstić information content (AvgIpc) is 2.16. The second-order valence-corrected chi connectivity index (χ2v) is 2.52. The third-order valence-corrected chi connectivity index (χ3v) is 1.82. The first-order valence-corrected chi connectivity index (χ1v) is 4.60. The Balaban J connectivity index is 0. The lowest BCUT2D eigenvalue weighted by Crippen LogP contribution is -2.24. The van der Waals surface area contributed by atoms with Crippen molar-refractivity contribution < 1.29 is 0 Å². The Morgan fingerprint density at radius 3 is 1.83 bits per heavy atom. The number of hydrogen-bond acceptors (Lipinski definition) is 4. The van der Waals surface area contributed by atoms with Crippen LogP contribution in [-0.2, 0) is 0 Å². The van der Waals surface area contributed by atoms with Crippen LogP contribution in [0.15, 0.2) is 0 Å². The van der Waals surface area contributed by atoms with Crippen molar-refractivity contribution in [1.82, 2.24) is 4.90 Å². The van der Waals surface area contributed by atoms with Gasteiger partial charge in [-0.2, -0.15) is 0 Å². The summed E-state index contributed by atoms with van der Waals surface area (Å²) in [4.78, 5) is 2.43. The van der Waals surface area contributed by atoms with Crippen molar-refractivity contribution in [3.63, 3.8) is 0 Å². The fourth-order valence-electron chi connectivity index (χ4n) is 1.02. The van der Waals surface area contributed by atoms with E-state index in [2.05, 4.69) is 30.4 Å². The molecular formula is C8H24N4. The molecule has 0 fully saturated rings. The van der Waals surface area contributed by atoms with Gasteiger partial charge in [0.25, 0.3) is 0 Å². The van der Waals surface area contributed by atoms with Gasteiger partial charge in [0.05, 0.1) is 0 Å². The topological polar surface area (TPSA) is 81.3 Å². The van der Waals surface area contributed by atoms with Crippen molar-refractivity contribution in [3.05, 3.63) is 0 Å². The summed E-state index contributed by atoms with van der Waals surface area (Å²) in [5.41, 5.74) is 5.38. The first-order chi connectivity index (χ1) is 5.85. The minimum atomic E-state index is 0.835. The van der Waals surface area contributed by atoms with Gasteiger partial charge in [0.2, 0.25) is 0 Å². The zero-order chi connectivity index (χ0) is 9.82. The molecule has 0 aliphatic carbocycles. The van der Waals surface area contributed by atoms with Crippen molar-refractivity contribution in [1.29, 1.82) is 0 Å². The van der Waals surface area contributed by atoms with Crippen molar-refractivity contribution in [3.8, 4) is 0 Å². The highest BCUT2D eigenvalue weighted by Gasteiger charge is 1.95. The van der Waals surface area contributed by atoms with Gasteiger partial charge in [-0.3, -0.25) is 11.7 Å². The minimum Gasteiger partial charge on any atom is -0.330 e. The fraction of sp³-hybridized carbons (Fsp3) is 1.00. The van der Waals surface area contributed by atoms with Gasteiger partial charge in [0.15, 0.2) is 0 Å². The third-order valence-electron chi connectivity index (χ3n) is 1.82. The highest BCUT2D eigenvalue weighted by Crippen LogP contribution is 1.92. The van der Waals surface area contributed by atoms with Gasteiger partial charge in [-0.15, -0.1) is 0 Å².